The van der Waals surface area contributed by atoms with Crippen LogP contribution in [0.4, 0.5) is 5.69 Å². The van der Waals surface area contributed by atoms with Crippen LogP contribution < -0.4 is 10.6 Å². The minimum Gasteiger partial charge on any atom is -0.356 e. The van der Waals surface area contributed by atoms with Crippen molar-refractivity contribution in [2.45, 2.75) is 46.1 Å². The van der Waals surface area contributed by atoms with Crippen LogP contribution in [-0.2, 0) is 0 Å². The van der Waals surface area contributed by atoms with E-state index in [4.69, 9.17) is 0 Å². The second kappa shape index (κ2) is 10.8. The Morgan fingerprint density at radius 3 is 2.83 bits per heavy atom. The molecule has 0 spiro atoms. The van der Waals surface area contributed by atoms with Crippen LogP contribution in [0.2, 0.25) is 0 Å². The standard InChI is InChI=1S/C26H33N3O/c1-19(2)14-16-28-26(30)22-11-13-25(20(3)17-22)29-24-9-6-7-21(18-24)10-12-23-8-4-5-15-27-23/h4-6,9-13,15,17-19,21,23,29H,7-8,14,16H2,1-3H3,(H,28,30)/b12-10+. The van der Waals surface area contributed by atoms with E-state index >= 15 is 0 Å². The number of benzene rings is 1. The molecule has 1 aliphatic carbocycles. The number of nitrogens with one attached hydrogen (secondary N) is 2. The van der Waals surface area contributed by atoms with E-state index in [1.807, 2.05) is 37.4 Å². The SMILES string of the molecule is Cc1cc(C(=O)NCCC(C)C)ccc1NC1=CC(/C=C/C2CC=CC=N2)CC=C1. The van der Waals surface area contributed by atoms with Crippen molar-refractivity contribution >= 4 is 17.8 Å². The predicted molar refractivity (Wildman–Crippen MR) is 127 cm³/mol. The number of dihydropyridines is 1. The van der Waals surface area contributed by atoms with E-state index in [-0.39, 0.29) is 11.9 Å². The molecule has 3 rings (SSSR count). The molecule has 4 heteroatoms. The molecule has 0 bridgehead atoms. The quantitative estimate of drug-likeness (QED) is 0.555. The lowest BCUT2D eigenvalue weighted by molar-refractivity contribution is 0.0952. The van der Waals surface area contributed by atoms with Crippen LogP contribution in [0.25, 0.3) is 0 Å². The molecule has 0 aromatic heterocycles. The van der Waals surface area contributed by atoms with E-state index in [1.54, 1.807) is 0 Å². The minimum absolute atomic E-state index is 0.00695. The molecule has 0 fully saturated rings. The van der Waals surface area contributed by atoms with E-state index in [2.05, 4.69) is 65.9 Å². The normalized spacial score (nSPS) is 20.6. The third-order valence-corrected chi connectivity index (χ3v) is 5.33. The zero-order valence-corrected chi connectivity index (χ0v) is 18.3. The predicted octanol–water partition coefficient (Wildman–Crippen LogP) is 5.60. The highest BCUT2D eigenvalue weighted by Crippen LogP contribution is 2.23. The summed E-state index contributed by atoms with van der Waals surface area (Å²) in [4.78, 5) is 16.8. The highest BCUT2D eigenvalue weighted by Gasteiger charge is 2.11. The molecule has 2 atom stereocenters. The Kier molecular flexibility index (Phi) is 7.83. The Labute approximate surface area is 180 Å². The summed E-state index contributed by atoms with van der Waals surface area (Å²) in [5, 5.41) is 6.51. The van der Waals surface area contributed by atoms with Crippen LogP contribution in [0.3, 0.4) is 0 Å². The number of rotatable bonds is 8. The molecule has 30 heavy (non-hydrogen) atoms. The maximum atomic E-state index is 12.3. The number of carbonyl (C=O) groups is 1. The second-order valence-corrected chi connectivity index (χ2v) is 8.43. The number of hydrogen-bond acceptors (Lipinski definition) is 3. The first-order chi connectivity index (χ1) is 14.5. The fourth-order valence-corrected chi connectivity index (χ4v) is 3.50. The molecule has 4 nitrogen and oxygen atoms in total. The summed E-state index contributed by atoms with van der Waals surface area (Å²) in [6.45, 7) is 7.07. The van der Waals surface area contributed by atoms with Crippen molar-refractivity contribution in [1.29, 1.82) is 0 Å². The molecule has 0 radical (unpaired) electrons. The molecule has 1 aliphatic heterocycles. The van der Waals surface area contributed by atoms with Crippen molar-refractivity contribution in [2.75, 3.05) is 11.9 Å². The largest absolute Gasteiger partial charge is 0.356 e. The number of aliphatic imine (C=N–C) groups is 1. The van der Waals surface area contributed by atoms with Gasteiger partial charge in [-0.15, -0.1) is 0 Å². The Morgan fingerprint density at radius 1 is 1.23 bits per heavy atom. The summed E-state index contributed by atoms with van der Waals surface area (Å²) in [6.07, 6.45) is 20.0. The Morgan fingerprint density at radius 2 is 2.10 bits per heavy atom. The van der Waals surface area contributed by atoms with E-state index in [0.29, 0.717) is 23.9 Å². The van der Waals surface area contributed by atoms with Gasteiger partial charge in [-0.3, -0.25) is 9.79 Å². The molecule has 1 aromatic carbocycles. The zero-order chi connectivity index (χ0) is 21.3. The molecule has 1 heterocycles. The van der Waals surface area contributed by atoms with Crippen LogP contribution in [-0.4, -0.2) is 24.7 Å². The van der Waals surface area contributed by atoms with Gasteiger partial charge in [0.25, 0.3) is 5.91 Å². The van der Waals surface area contributed by atoms with Gasteiger partial charge in [0.2, 0.25) is 0 Å². The molecular formula is C26H33N3O. The van der Waals surface area contributed by atoms with Crippen molar-refractivity contribution in [3.63, 3.8) is 0 Å². The van der Waals surface area contributed by atoms with Crippen LogP contribution >= 0.6 is 0 Å². The Hall–Kier alpha value is -2.88. The number of hydrogen-bond donors (Lipinski definition) is 2. The monoisotopic (exact) mass is 403 g/mol. The van der Waals surface area contributed by atoms with Crippen molar-refractivity contribution in [3.8, 4) is 0 Å². The highest BCUT2D eigenvalue weighted by molar-refractivity contribution is 5.94. The van der Waals surface area contributed by atoms with Gasteiger partial charge >= 0.3 is 0 Å². The maximum absolute atomic E-state index is 12.3. The smallest absolute Gasteiger partial charge is 0.251 e. The topological polar surface area (TPSA) is 53.5 Å². The van der Waals surface area contributed by atoms with Gasteiger partial charge in [0.05, 0.1) is 6.04 Å². The maximum Gasteiger partial charge on any atom is 0.251 e. The van der Waals surface area contributed by atoms with Crippen LogP contribution in [0.5, 0.6) is 0 Å². The fourth-order valence-electron chi connectivity index (χ4n) is 3.50. The van der Waals surface area contributed by atoms with Crippen molar-refractivity contribution in [1.82, 2.24) is 5.32 Å². The number of amides is 1. The van der Waals surface area contributed by atoms with E-state index < -0.39 is 0 Å². The Bertz CT molecular complexity index is 890. The fraction of sp³-hybridized carbons (Fsp3) is 0.385. The summed E-state index contributed by atoms with van der Waals surface area (Å²) in [5.74, 6) is 0.943. The van der Waals surface area contributed by atoms with Crippen LogP contribution in [0, 0.1) is 18.8 Å². The van der Waals surface area contributed by atoms with Crippen LogP contribution in [0.15, 0.2) is 71.4 Å². The van der Waals surface area contributed by atoms with Gasteiger partial charge in [-0.2, -0.15) is 0 Å². The summed E-state index contributed by atoms with van der Waals surface area (Å²) in [6, 6.07) is 6.09. The minimum atomic E-state index is -0.00695. The Balaban J connectivity index is 1.59. The van der Waals surface area contributed by atoms with Gasteiger partial charge in [-0.25, -0.2) is 0 Å². The zero-order valence-electron chi connectivity index (χ0n) is 18.3. The van der Waals surface area contributed by atoms with Gasteiger partial charge in [0.1, 0.15) is 0 Å². The second-order valence-electron chi connectivity index (χ2n) is 8.43. The van der Waals surface area contributed by atoms with E-state index in [9.17, 15) is 4.79 Å². The average Bonchev–Trinajstić information content (AvgIpc) is 2.74. The third kappa shape index (κ3) is 6.58. The first-order valence-corrected chi connectivity index (χ1v) is 10.9. The van der Waals surface area contributed by atoms with Gasteiger partial charge in [-0.1, -0.05) is 44.2 Å². The molecule has 2 N–H and O–H groups in total. The molecular weight excluding hydrogens is 370 g/mol. The summed E-state index contributed by atoms with van der Waals surface area (Å²) >= 11 is 0. The summed E-state index contributed by atoms with van der Waals surface area (Å²) < 4.78 is 0. The van der Waals surface area contributed by atoms with Crippen molar-refractivity contribution < 1.29 is 4.79 Å². The number of aryl methyl sites for hydroxylation is 1. The summed E-state index contributed by atoms with van der Waals surface area (Å²) in [5.41, 5.74) is 3.87. The van der Waals surface area contributed by atoms with E-state index in [1.165, 1.54) is 0 Å². The number of allylic oxidation sites excluding steroid dienone is 5. The molecule has 1 aromatic rings. The van der Waals surface area contributed by atoms with Gasteiger partial charge < -0.3 is 10.6 Å². The van der Waals surface area contributed by atoms with Gasteiger partial charge in [0.15, 0.2) is 0 Å². The molecule has 0 saturated carbocycles. The molecule has 1 amide bonds. The van der Waals surface area contributed by atoms with Gasteiger partial charge in [0, 0.05) is 35.6 Å². The molecule has 2 aliphatic rings. The van der Waals surface area contributed by atoms with Crippen LogP contribution in [0.1, 0.15) is 49.0 Å². The number of carbonyl (C=O) groups excluding carboxylic acids is 1. The summed E-state index contributed by atoms with van der Waals surface area (Å²) in [7, 11) is 0. The molecule has 2 unspecified atom stereocenters. The average molecular weight is 404 g/mol. The van der Waals surface area contributed by atoms with Crippen molar-refractivity contribution in [2.24, 2.45) is 16.8 Å². The highest BCUT2D eigenvalue weighted by atomic mass is 16.1. The first kappa shape index (κ1) is 21.8. The first-order valence-electron chi connectivity index (χ1n) is 10.9. The molecule has 0 saturated heterocycles. The number of nitrogens with zero attached hydrogens (tertiary/aromatic N) is 1. The lowest BCUT2D eigenvalue weighted by Crippen LogP contribution is -2.25. The lowest BCUT2D eigenvalue weighted by atomic mass is 9.97. The number of anilines is 1. The lowest BCUT2D eigenvalue weighted by Gasteiger charge is -2.17. The van der Waals surface area contributed by atoms with E-state index in [0.717, 1.165) is 36.2 Å². The van der Waals surface area contributed by atoms with Gasteiger partial charge in [-0.05, 0) is 68.0 Å². The molecule has 158 valence electrons. The third-order valence-electron chi connectivity index (χ3n) is 5.33. The van der Waals surface area contributed by atoms with Crippen molar-refractivity contribution in [3.05, 3.63) is 77.6 Å².